The third kappa shape index (κ3) is 3.97. The lowest BCUT2D eigenvalue weighted by Crippen LogP contribution is -2.42. The Kier molecular flexibility index (Phi) is 4.98. The second-order valence-electron chi connectivity index (χ2n) is 7.95. The van der Waals surface area contributed by atoms with E-state index in [1.54, 1.807) is 0 Å². The van der Waals surface area contributed by atoms with Gasteiger partial charge in [-0.05, 0) is 62.8 Å². The smallest absolute Gasteiger partial charge is 0.227 e. The van der Waals surface area contributed by atoms with E-state index in [9.17, 15) is 4.79 Å². The summed E-state index contributed by atoms with van der Waals surface area (Å²) in [7, 11) is 0. The number of nitrogens with zero attached hydrogens (tertiary/aromatic N) is 1. The molecule has 1 amide bonds. The van der Waals surface area contributed by atoms with Gasteiger partial charge in [0.05, 0.1) is 6.04 Å². The van der Waals surface area contributed by atoms with E-state index in [0.29, 0.717) is 11.5 Å². The van der Waals surface area contributed by atoms with Crippen LogP contribution < -0.4 is 20.3 Å². The van der Waals surface area contributed by atoms with Crippen LogP contribution in [-0.2, 0) is 4.79 Å². The molecule has 6 heteroatoms. The van der Waals surface area contributed by atoms with Crippen molar-refractivity contribution in [2.75, 3.05) is 16.8 Å². The highest BCUT2D eigenvalue weighted by Crippen LogP contribution is 2.39. The topological polar surface area (TPSA) is 53.6 Å². The molecule has 0 bridgehead atoms. The Morgan fingerprint density at radius 1 is 1.18 bits per heavy atom. The predicted octanol–water partition coefficient (Wildman–Crippen LogP) is 4.40. The highest BCUT2D eigenvalue weighted by molar-refractivity contribution is 7.80. The van der Waals surface area contributed by atoms with Crippen LogP contribution in [0.15, 0.2) is 48.5 Å². The third-order valence-electron chi connectivity index (χ3n) is 5.19. The lowest BCUT2D eigenvalue weighted by atomic mass is 9.90. The molecule has 0 spiro atoms. The molecular formula is C22H25N3O2S. The molecule has 0 saturated carbocycles. The highest BCUT2D eigenvalue weighted by Gasteiger charge is 2.33. The van der Waals surface area contributed by atoms with Gasteiger partial charge in [-0.1, -0.05) is 18.2 Å². The summed E-state index contributed by atoms with van der Waals surface area (Å²) in [6, 6.07) is 16.0. The number of amides is 1. The Labute approximate surface area is 171 Å². The Morgan fingerprint density at radius 3 is 2.64 bits per heavy atom. The molecular weight excluding hydrogens is 370 g/mol. The fraction of sp³-hybridized carbons (Fsp3) is 0.364. The van der Waals surface area contributed by atoms with Gasteiger partial charge in [0, 0.05) is 36.3 Å². The first kappa shape index (κ1) is 18.7. The monoisotopic (exact) mass is 395 g/mol. The minimum atomic E-state index is -0.258. The van der Waals surface area contributed by atoms with Crippen LogP contribution in [0, 0.1) is 0 Å². The van der Waals surface area contributed by atoms with Crippen molar-refractivity contribution in [2.45, 2.75) is 44.8 Å². The molecule has 1 saturated heterocycles. The number of ether oxygens (including phenoxy) is 1. The molecule has 2 aromatic rings. The van der Waals surface area contributed by atoms with Gasteiger partial charge in [0.2, 0.25) is 5.91 Å². The van der Waals surface area contributed by atoms with Crippen molar-refractivity contribution in [1.82, 2.24) is 5.32 Å². The lowest BCUT2D eigenvalue weighted by Gasteiger charge is -2.38. The average Bonchev–Trinajstić information content (AvgIpc) is 3.07. The number of anilines is 2. The van der Waals surface area contributed by atoms with Crippen molar-refractivity contribution in [3.05, 3.63) is 54.1 Å². The Balaban J connectivity index is 1.42. The molecule has 146 valence electrons. The Morgan fingerprint density at radius 2 is 1.93 bits per heavy atom. The zero-order chi connectivity index (χ0) is 19.7. The molecule has 1 unspecified atom stereocenters. The quantitative estimate of drug-likeness (QED) is 0.755. The van der Waals surface area contributed by atoms with Crippen molar-refractivity contribution >= 4 is 34.6 Å². The molecule has 0 radical (unpaired) electrons. The summed E-state index contributed by atoms with van der Waals surface area (Å²) >= 11 is 5.55. The average molecular weight is 396 g/mol. The number of nitrogens with one attached hydrogen (secondary N) is 2. The van der Waals surface area contributed by atoms with Gasteiger partial charge in [0.25, 0.3) is 0 Å². The summed E-state index contributed by atoms with van der Waals surface area (Å²) < 4.78 is 6.08. The standard InChI is InChI=1S/C22H25N3O2S/c1-22(2)14-18(17-6-3-4-7-19(17)27-22)24-21(28)23-15-9-11-16(12-10-15)25-13-5-8-20(25)26/h3-4,6-7,9-12,18H,5,8,13-14H2,1-2H3,(H2,23,24,28). The zero-order valence-corrected chi connectivity index (χ0v) is 17.0. The van der Waals surface area contributed by atoms with E-state index in [-0.39, 0.29) is 17.6 Å². The van der Waals surface area contributed by atoms with Crippen LogP contribution in [0.5, 0.6) is 5.75 Å². The van der Waals surface area contributed by atoms with Crippen molar-refractivity contribution in [3.63, 3.8) is 0 Å². The number of fused-ring (bicyclic) bond motifs is 1. The molecule has 0 aliphatic carbocycles. The SMILES string of the molecule is CC1(C)CC(NC(=S)Nc2ccc(N3CCCC3=O)cc2)c2ccccc2O1. The van der Waals surface area contributed by atoms with Gasteiger partial charge in [0.15, 0.2) is 5.11 Å². The molecule has 2 heterocycles. The second kappa shape index (κ2) is 7.43. The maximum absolute atomic E-state index is 11.9. The number of thiocarbonyl (C=S) groups is 1. The number of carbonyl (C=O) groups is 1. The van der Waals surface area contributed by atoms with Gasteiger partial charge in [-0.15, -0.1) is 0 Å². The van der Waals surface area contributed by atoms with Gasteiger partial charge in [-0.25, -0.2) is 0 Å². The normalized spacial score (nSPS) is 20.3. The fourth-order valence-electron chi connectivity index (χ4n) is 3.90. The van der Waals surface area contributed by atoms with Crippen molar-refractivity contribution in [2.24, 2.45) is 0 Å². The molecule has 2 aliphatic rings. The largest absolute Gasteiger partial charge is 0.487 e. The van der Waals surface area contributed by atoms with Crippen molar-refractivity contribution < 1.29 is 9.53 Å². The molecule has 0 aromatic heterocycles. The first-order chi connectivity index (χ1) is 13.4. The maximum Gasteiger partial charge on any atom is 0.227 e. The summed E-state index contributed by atoms with van der Waals surface area (Å²) in [5, 5.41) is 7.26. The molecule has 28 heavy (non-hydrogen) atoms. The number of rotatable bonds is 3. The van der Waals surface area contributed by atoms with Crippen LogP contribution in [0.1, 0.15) is 44.7 Å². The van der Waals surface area contributed by atoms with Crippen LogP contribution in [0.25, 0.3) is 0 Å². The lowest BCUT2D eigenvalue weighted by molar-refractivity contribution is -0.117. The summed E-state index contributed by atoms with van der Waals surface area (Å²) in [6.07, 6.45) is 2.38. The second-order valence-corrected chi connectivity index (χ2v) is 8.36. The van der Waals surface area contributed by atoms with E-state index in [4.69, 9.17) is 17.0 Å². The van der Waals surface area contributed by atoms with Crippen LogP contribution in [0.2, 0.25) is 0 Å². The maximum atomic E-state index is 11.9. The molecule has 4 rings (SSSR count). The third-order valence-corrected chi connectivity index (χ3v) is 5.41. The first-order valence-corrected chi connectivity index (χ1v) is 10.1. The predicted molar refractivity (Wildman–Crippen MR) is 116 cm³/mol. The number of carbonyl (C=O) groups excluding carboxylic acids is 1. The van der Waals surface area contributed by atoms with Gasteiger partial charge in [-0.2, -0.15) is 0 Å². The van der Waals surface area contributed by atoms with Gasteiger partial charge < -0.3 is 20.3 Å². The van der Waals surface area contributed by atoms with E-state index in [1.807, 2.05) is 47.4 Å². The van der Waals surface area contributed by atoms with Crippen LogP contribution in [0.4, 0.5) is 11.4 Å². The van der Waals surface area contributed by atoms with E-state index < -0.39 is 0 Å². The fourth-order valence-corrected chi connectivity index (χ4v) is 4.16. The Hall–Kier alpha value is -2.60. The van der Waals surface area contributed by atoms with Gasteiger partial charge >= 0.3 is 0 Å². The van der Waals surface area contributed by atoms with Crippen LogP contribution in [0.3, 0.4) is 0 Å². The zero-order valence-electron chi connectivity index (χ0n) is 16.2. The molecule has 2 aromatic carbocycles. The molecule has 1 fully saturated rings. The van der Waals surface area contributed by atoms with E-state index in [2.05, 4.69) is 30.5 Å². The van der Waals surface area contributed by atoms with Gasteiger partial charge in [0.1, 0.15) is 11.4 Å². The summed E-state index contributed by atoms with van der Waals surface area (Å²) in [6.45, 7) is 4.98. The minimum Gasteiger partial charge on any atom is -0.487 e. The number of hydrogen-bond acceptors (Lipinski definition) is 3. The molecule has 1 atom stereocenters. The van der Waals surface area contributed by atoms with Crippen molar-refractivity contribution in [3.8, 4) is 5.75 Å². The summed E-state index contributed by atoms with van der Waals surface area (Å²) in [5.41, 5.74) is 2.69. The van der Waals surface area contributed by atoms with E-state index in [0.717, 1.165) is 42.1 Å². The van der Waals surface area contributed by atoms with E-state index >= 15 is 0 Å². The summed E-state index contributed by atoms with van der Waals surface area (Å²) in [4.78, 5) is 13.7. The number of benzene rings is 2. The highest BCUT2D eigenvalue weighted by atomic mass is 32.1. The molecule has 2 aliphatic heterocycles. The number of hydrogen-bond donors (Lipinski definition) is 2. The minimum absolute atomic E-state index is 0.0847. The summed E-state index contributed by atoms with van der Waals surface area (Å²) in [5.74, 6) is 1.09. The molecule has 2 N–H and O–H groups in total. The van der Waals surface area contributed by atoms with Gasteiger partial charge in [-0.3, -0.25) is 4.79 Å². The van der Waals surface area contributed by atoms with E-state index in [1.165, 1.54) is 0 Å². The number of para-hydroxylation sites is 1. The molecule has 5 nitrogen and oxygen atoms in total. The van der Waals surface area contributed by atoms with Crippen LogP contribution >= 0.6 is 12.2 Å². The van der Waals surface area contributed by atoms with Crippen LogP contribution in [-0.4, -0.2) is 23.2 Å². The van der Waals surface area contributed by atoms with Crippen molar-refractivity contribution in [1.29, 1.82) is 0 Å². The Bertz CT molecular complexity index is 895. The first-order valence-electron chi connectivity index (χ1n) is 9.67.